The summed E-state index contributed by atoms with van der Waals surface area (Å²) in [5, 5.41) is 28.5. The van der Waals surface area contributed by atoms with Crippen LogP contribution in [0.4, 0.5) is 18.9 Å². The summed E-state index contributed by atoms with van der Waals surface area (Å²) in [7, 11) is 0. The molecule has 0 saturated carbocycles. The summed E-state index contributed by atoms with van der Waals surface area (Å²) in [5.74, 6) is -3.01. The molecule has 0 radical (unpaired) electrons. The highest BCUT2D eigenvalue weighted by Gasteiger charge is 2.60. The Morgan fingerprint density at radius 1 is 1.08 bits per heavy atom. The third-order valence-electron chi connectivity index (χ3n) is 6.99. The third-order valence-corrected chi connectivity index (χ3v) is 7.51. The minimum atomic E-state index is -1.66. The average Bonchev–Trinajstić information content (AvgIpc) is 3.15. The molecular weight excluding hydrogens is 534 g/mol. The molecular formula is C29H28Cl2F3N3O. The molecule has 38 heavy (non-hydrogen) atoms. The Labute approximate surface area is 230 Å². The van der Waals surface area contributed by atoms with Gasteiger partial charge >= 0.3 is 0 Å². The highest BCUT2D eigenvalue weighted by atomic mass is 35.5. The largest absolute Gasteiger partial charge is 0.372 e. The Morgan fingerprint density at radius 3 is 2.37 bits per heavy atom. The molecule has 1 aliphatic heterocycles. The summed E-state index contributed by atoms with van der Waals surface area (Å²) >= 11 is 12.2. The Morgan fingerprint density at radius 2 is 1.76 bits per heavy atom. The lowest BCUT2D eigenvalue weighted by molar-refractivity contribution is 0.149. The monoisotopic (exact) mass is 561 g/mol. The number of rotatable bonds is 6. The summed E-state index contributed by atoms with van der Waals surface area (Å²) in [6.45, 7) is 5.93. The molecule has 1 fully saturated rings. The second kappa shape index (κ2) is 10.8. The number of aliphatic hydroxyl groups excluding tert-OH is 1. The van der Waals surface area contributed by atoms with E-state index in [-0.39, 0.29) is 26.6 Å². The van der Waals surface area contributed by atoms with Crippen LogP contribution in [0.2, 0.25) is 10.0 Å². The second-order valence-electron chi connectivity index (χ2n) is 10.8. The molecule has 0 aliphatic carbocycles. The zero-order valence-electron chi connectivity index (χ0n) is 21.1. The van der Waals surface area contributed by atoms with Crippen molar-refractivity contribution in [1.82, 2.24) is 5.32 Å². The van der Waals surface area contributed by atoms with Crippen molar-refractivity contribution in [3.05, 3.63) is 99.3 Å². The number of anilines is 1. The van der Waals surface area contributed by atoms with Crippen molar-refractivity contribution in [1.29, 1.82) is 5.26 Å². The van der Waals surface area contributed by atoms with Crippen LogP contribution in [0.25, 0.3) is 0 Å². The van der Waals surface area contributed by atoms with E-state index in [0.29, 0.717) is 12.1 Å². The number of nitrogens with one attached hydrogen (secondary N) is 2. The van der Waals surface area contributed by atoms with Gasteiger partial charge in [0.2, 0.25) is 0 Å². The highest BCUT2D eigenvalue weighted by molar-refractivity contribution is 6.31. The van der Waals surface area contributed by atoms with Crippen LogP contribution in [0, 0.1) is 34.2 Å². The van der Waals surface area contributed by atoms with Gasteiger partial charge in [-0.1, -0.05) is 62.2 Å². The van der Waals surface area contributed by atoms with Crippen molar-refractivity contribution >= 4 is 28.9 Å². The predicted molar refractivity (Wildman–Crippen MR) is 144 cm³/mol. The van der Waals surface area contributed by atoms with E-state index in [9.17, 15) is 14.8 Å². The number of aliphatic hydroxyl groups is 1. The van der Waals surface area contributed by atoms with Crippen molar-refractivity contribution in [3.63, 3.8) is 0 Å². The topological polar surface area (TPSA) is 68.1 Å². The van der Waals surface area contributed by atoms with Crippen LogP contribution in [0.15, 0.2) is 60.7 Å². The van der Waals surface area contributed by atoms with Gasteiger partial charge in [-0.25, -0.2) is 13.2 Å². The molecule has 9 heteroatoms. The first kappa shape index (κ1) is 28.3. The van der Waals surface area contributed by atoms with Crippen LogP contribution in [0.5, 0.6) is 0 Å². The maximum absolute atomic E-state index is 15.7. The lowest BCUT2D eigenvalue weighted by Gasteiger charge is -2.38. The van der Waals surface area contributed by atoms with Crippen LogP contribution in [-0.4, -0.2) is 23.4 Å². The summed E-state index contributed by atoms with van der Waals surface area (Å²) < 4.78 is 44.7. The van der Waals surface area contributed by atoms with Crippen LogP contribution in [0.1, 0.15) is 44.2 Å². The first-order valence-corrected chi connectivity index (χ1v) is 12.9. The molecule has 3 N–H and O–H groups in total. The van der Waals surface area contributed by atoms with E-state index in [1.54, 1.807) is 6.07 Å². The standard InChI is InChI=1S/C29H28Cl2F3N3O/c1-28(2,3)14-23-29(15-35,20-12-7-16(30)13-22(20)33)24(19-5-4-6-21(31)25(19)34)26(37-23)27(38)36-18-10-8-17(32)9-11-18/h4-13,23-24,26-27,36-38H,14H2,1-3H3. The molecule has 5 atom stereocenters. The third kappa shape index (κ3) is 5.37. The first-order chi connectivity index (χ1) is 17.9. The smallest absolute Gasteiger partial charge is 0.145 e. The number of hydrogen-bond acceptors (Lipinski definition) is 4. The van der Waals surface area contributed by atoms with Gasteiger partial charge in [0.25, 0.3) is 0 Å². The SMILES string of the molecule is CC(C)(C)CC1NC(C(O)Nc2ccc(F)cc2)C(c2cccc(Cl)c2F)C1(C#N)c1ccc(Cl)cc1F. The van der Waals surface area contributed by atoms with Crippen molar-refractivity contribution in [2.75, 3.05) is 5.32 Å². The Kier molecular flexibility index (Phi) is 8.02. The fourth-order valence-electron chi connectivity index (χ4n) is 5.46. The lowest BCUT2D eigenvalue weighted by atomic mass is 9.62. The molecule has 1 heterocycles. The summed E-state index contributed by atoms with van der Waals surface area (Å²) in [6.07, 6.45) is -0.988. The normalized spacial score (nSPS) is 24.2. The lowest BCUT2D eigenvalue weighted by Crippen LogP contribution is -2.45. The molecule has 1 aliphatic rings. The van der Waals surface area contributed by atoms with Gasteiger partial charge < -0.3 is 15.7 Å². The van der Waals surface area contributed by atoms with Crippen molar-refractivity contribution < 1.29 is 18.3 Å². The van der Waals surface area contributed by atoms with Gasteiger partial charge in [-0.05, 0) is 59.9 Å². The van der Waals surface area contributed by atoms with E-state index in [4.69, 9.17) is 23.2 Å². The fourth-order valence-corrected chi connectivity index (χ4v) is 5.80. The van der Waals surface area contributed by atoms with Gasteiger partial charge in [-0.2, -0.15) is 5.26 Å². The number of nitrogens with zero attached hydrogens (tertiary/aromatic N) is 1. The quantitative estimate of drug-likeness (QED) is 0.279. The Bertz CT molecular complexity index is 1360. The summed E-state index contributed by atoms with van der Waals surface area (Å²) in [6, 6.07) is 14.5. The highest BCUT2D eigenvalue weighted by Crippen LogP contribution is 2.53. The Balaban J connectivity index is 1.95. The van der Waals surface area contributed by atoms with Gasteiger partial charge in [0.1, 0.15) is 29.1 Å². The first-order valence-electron chi connectivity index (χ1n) is 12.1. The summed E-state index contributed by atoms with van der Waals surface area (Å²) in [5.41, 5.74) is -1.49. The van der Waals surface area contributed by atoms with Gasteiger partial charge in [-0.3, -0.25) is 0 Å². The summed E-state index contributed by atoms with van der Waals surface area (Å²) in [4.78, 5) is 0. The van der Waals surface area contributed by atoms with Crippen LogP contribution < -0.4 is 10.6 Å². The molecule has 0 bridgehead atoms. The Hall–Kier alpha value is -2.76. The number of benzene rings is 3. The molecule has 0 aromatic heterocycles. The molecule has 4 rings (SSSR count). The van der Waals surface area contributed by atoms with E-state index in [0.717, 1.165) is 6.07 Å². The number of halogens is 5. The minimum absolute atomic E-state index is 0.0343. The average molecular weight is 562 g/mol. The number of hydrogen-bond donors (Lipinski definition) is 3. The predicted octanol–water partition coefficient (Wildman–Crippen LogP) is 7.16. The minimum Gasteiger partial charge on any atom is -0.372 e. The van der Waals surface area contributed by atoms with Gasteiger partial charge in [0.05, 0.1) is 17.1 Å². The van der Waals surface area contributed by atoms with Crippen LogP contribution in [0.3, 0.4) is 0 Å². The van der Waals surface area contributed by atoms with E-state index in [2.05, 4.69) is 16.7 Å². The van der Waals surface area contributed by atoms with Crippen molar-refractivity contribution in [2.24, 2.45) is 5.41 Å². The zero-order valence-corrected chi connectivity index (χ0v) is 22.6. The van der Waals surface area contributed by atoms with E-state index < -0.39 is 47.1 Å². The van der Waals surface area contributed by atoms with Crippen LogP contribution in [-0.2, 0) is 5.41 Å². The molecule has 0 amide bonds. The van der Waals surface area contributed by atoms with E-state index >= 15 is 8.78 Å². The maximum Gasteiger partial charge on any atom is 0.145 e. The number of nitriles is 1. The fraction of sp³-hybridized carbons (Fsp3) is 0.345. The van der Waals surface area contributed by atoms with Crippen molar-refractivity contribution in [3.8, 4) is 6.07 Å². The molecule has 4 nitrogen and oxygen atoms in total. The van der Waals surface area contributed by atoms with Crippen molar-refractivity contribution in [2.45, 2.75) is 56.8 Å². The van der Waals surface area contributed by atoms with E-state index in [1.165, 1.54) is 48.5 Å². The zero-order chi connectivity index (χ0) is 27.8. The maximum atomic E-state index is 15.7. The molecule has 200 valence electrons. The van der Waals surface area contributed by atoms with Crippen LogP contribution >= 0.6 is 23.2 Å². The van der Waals surface area contributed by atoms with E-state index in [1.807, 2.05) is 20.8 Å². The molecule has 3 aromatic rings. The molecule has 1 saturated heterocycles. The molecule has 3 aromatic carbocycles. The second-order valence-corrected chi connectivity index (χ2v) is 11.7. The van der Waals surface area contributed by atoms with Gasteiger partial charge in [0.15, 0.2) is 0 Å². The molecule has 5 unspecified atom stereocenters. The van der Waals surface area contributed by atoms with Gasteiger partial charge in [-0.15, -0.1) is 0 Å². The molecule has 0 spiro atoms. The van der Waals surface area contributed by atoms with Gasteiger partial charge in [0, 0.05) is 28.2 Å².